The Morgan fingerprint density at radius 1 is 0.250 bits per heavy atom. The highest BCUT2D eigenvalue weighted by Crippen LogP contribution is 2.51. The Hall–Kier alpha value is -10.3. The van der Waals surface area contributed by atoms with Crippen molar-refractivity contribution >= 4 is 133 Å². The van der Waals surface area contributed by atoms with Gasteiger partial charge in [-0.25, -0.2) is 0 Å². The summed E-state index contributed by atoms with van der Waals surface area (Å²) in [5.74, 6) is 0. The molecule has 0 N–H and O–H groups in total. The van der Waals surface area contributed by atoms with Crippen LogP contribution in [0.4, 0.5) is 34.1 Å². The van der Waals surface area contributed by atoms with E-state index in [9.17, 15) is 0 Å². The third kappa shape index (κ3) is 7.43. The van der Waals surface area contributed by atoms with E-state index in [1.165, 1.54) is 70.2 Å². The van der Waals surface area contributed by atoms with Crippen molar-refractivity contribution in [3.05, 3.63) is 253 Å². The van der Waals surface area contributed by atoms with E-state index in [0.29, 0.717) is 0 Å². The second-order valence-corrected chi connectivity index (χ2v) is 23.2. The first-order valence-electron chi connectivity index (χ1n) is 29.7. The number of anilines is 6. The van der Waals surface area contributed by atoms with E-state index in [2.05, 4.69) is 228 Å². The minimum absolute atomic E-state index is 0.817. The fourth-order valence-electron chi connectivity index (χ4n) is 14.3. The highest BCUT2D eigenvalue weighted by atomic mass is 16.3. The zero-order valence-electron chi connectivity index (χ0n) is 46.1. The number of benzene rings is 12. The van der Waals surface area contributed by atoms with E-state index < -0.39 is 0 Å². The third-order valence-electron chi connectivity index (χ3n) is 18.3. The average molecular weight is 1080 g/mol. The Bertz CT molecular complexity index is 5020. The first-order valence-corrected chi connectivity index (χ1v) is 29.7. The molecule has 6 heteroatoms. The number of para-hydroxylation sites is 4. The van der Waals surface area contributed by atoms with E-state index in [-0.39, 0.29) is 0 Å². The average Bonchev–Trinajstić information content (AvgIpc) is 2.17. The molecule has 0 unspecified atom stereocenters. The Kier molecular flexibility index (Phi) is 10.5. The lowest BCUT2D eigenvalue weighted by Gasteiger charge is -2.30. The van der Waals surface area contributed by atoms with Gasteiger partial charge in [0.15, 0.2) is 11.2 Å². The molecule has 18 rings (SSSR count). The first-order chi connectivity index (χ1) is 41.6. The normalized spacial score (nSPS) is 13.6. The van der Waals surface area contributed by atoms with Gasteiger partial charge in [0, 0.05) is 66.3 Å². The smallest absolute Gasteiger partial charge is 0.159 e. The molecule has 84 heavy (non-hydrogen) atoms. The Labute approximate surface area is 484 Å². The van der Waals surface area contributed by atoms with Gasteiger partial charge in [-0.2, -0.15) is 0 Å². The van der Waals surface area contributed by atoms with Crippen LogP contribution in [0.3, 0.4) is 0 Å². The van der Waals surface area contributed by atoms with Crippen LogP contribution in [0.2, 0.25) is 0 Å². The number of furan rings is 4. The number of rotatable bonds is 8. The largest absolute Gasteiger partial charge is 0.456 e. The molecule has 0 saturated heterocycles. The van der Waals surface area contributed by atoms with Gasteiger partial charge in [-0.1, -0.05) is 121 Å². The zero-order chi connectivity index (χ0) is 55.0. The molecule has 0 spiro atoms. The van der Waals surface area contributed by atoms with Gasteiger partial charge in [0.2, 0.25) is 0 Å². The molecule has 0 atom stereocenters. The van der Waals surface area contributed by atoms with Crippen molar-refractivity contribution in [3.8, 4) is 22.3 Å². The van der Waals surface area contributed by atoms with Gasteiger partial charge in [0.25, 0.3) is 0 Å². The Morgan fingerprint density at radius 3 is 1.08 bits per heavy atom. The van der Waals surface area contributed by atoms with Crippen LogP contribution in [0.1, 0.15) is 47.9 Å². The molecule has 16 aromatic rings. The second kappa shape index (κ2) is 18.6. The molecule has 2 aliphatic rings. The van der Waals surface area contributed by atoms with Gasteiger partial charge in [0.05, 0.1) is 34.1 Å². The zero-order valence-corrected chi connectivity index (χ0v) is 46.1. The molecule has 4 aromatic heterocycles. The Morgan fingerprint density at radius 2 is 0.631 bits per heavy atom. The topological polar surface area (TPSA) is 59.0 Å². The maximum atomic E-state index is 7.01. The van der Waals surface area contributed by atoms with Crippen molar-refractivity contribution in [2.24, 2.45) is 0 Å². The van der Waals surface area contributed by atoms with Crippen LogP contribution in [0, 0.1) is 0 Å². The number of fused-ring (bicyclic) bond motifs is 15. The summed E-state index contributed by atoms with van der Waals surface area (Å²) in [6.07, 6.45) is 9.08. The van der Waals surface area contributed by atoms with Crippen molar-refractivity contribution < 1.29 is 17.7 Å². The molecule has 0 fully saturated rings. The maximum Gasteiger partial charge on any atom is 0.159 e. The quantitative estimate of drug-likeness (QED) is 0.151. The standard InChI is InChI=1S/C78H54N2O4/c1-3-17-47(18-4-1)63-37-49-21-7-9-23-51(49)41-69(63)79(67-29-15-27-61-57-25-11-13-31-71(57)83-77(61)67)55-33-35-59-65-39-53-44-74-66(40-54(53)43-73(65)81-75(59)45-55)60-36-34-56(46-76(60)82-74)80(68-30-16-28-62-58-26-12-14-32-72(58)84-78(62)68)70-42-52-24-10-8-22-50(52)38-64(70)48-19-5-2-6-20-48/h1-6,11-20,25-46H,7-10,21-24H2. The van der Waals surface area contributed by atoms with Crippen LogP contribution in [-0.2, 0) is 25.7 Å². The molecular weight excluding hydrogens is 1030 g/mol. The molecular formula is C78H54N2O4. The van der Waals surface area contributed by atoms with Gasteiger partial charge in [-0.05, 0) is 193 Å². The maximum absolute atomic E-state index is 7.01. The monoisotopic (exact) mass is 1080 g/mol. The van der Waals surface area contributed by atoms with Gasteiger partial charge in [0.1, 0.15) is 33.5 Å². The molecule has 4 heterocycles. The molecule has 0 amide bonds. The molecule has 6 nitrogen and oxygen atoms in total. The Balaban J connectivity index is 0.787. The predicted octanol–water partition coefficient (Wildman–Crippen LogP) is 22.5. The van der Waals surface area contributed by atoms with Crippen molar-refractivity contribution in [2.45, 2.75) is 51.4 Å². The molecule has 400 valence electrons. The summed E-state index contributed by atoms with van der Waals surface area (Å²) in [7, 11) is 0. The molecule has 0 aliphatic heterocycles. The van der Waals surface area contributed by atoms with Crippen molar-refractivity contribution in [2.75, 3.05) is 9.80 Å². The summed E-state index contributed by atoms with van der Waals surface area (Å²) >= 11 is 0. The summed E-state index contributed by atoms with van der Waals surface area (Å²) in [5.41, 5.74) is 23.4. The molecule has 12 aromatic carbocycles. The van der Waals surface area contributed by atoms with Crippen LogP contribution in [0.5, 0.6) is 0 Å². The van der Waals surface area contributed by atoms with Crippen LogP contribution >= 0.6 is 0 Å². The number of nitrogens with zero attached hydrogens (tertiary/aromatic N) is 2. The molecule has 0 saturated carbocycles. The highest BCUT2D eigenvalue weighted by molar-refractivity contribution is 6.17. The minimum atomic E-state index is 0.817. The predicted molar refractivity (Wildman–Crippen MR) is 347 cm³/mol. The fraction of sp³-hybridized carbons (Fsp3) is 0.103. The van der Waals surface area contributed by atoms with Crippen molar-refractivity contribution in [1.29, 1.82) is 0 Å². The first kappa shape index (κ1) is 47.4. The van der Waals surface area contributed by atoms with Gasteiger partial charge in [-0.3, -0.25) is 0 Å². The highest BCUT2D eigenvalue weighted by Gasteiger charge is 2.28. The summed E-state index contributed by atoms with van der Waals surface area (Å²) < 4.78 is 27.7. The van der Waals surface area contributed by atoms with Crippen LogP contribution in [0.25, 0.3) is 121 Å². The molecule has 0 bridgehead atoms. The SMILES string of the molecule is c1ccc(-c2cc3c(cc2N(c2ccc4c(c2)oc2cc5cc6c(cc5cc24)oc2cc(N(c4cc5c(cc4-c4ccccc4)CCCC5)c4cccc5c4oc4ccccc45)ccc26)c2cccc4c2oc2ccccc24)CCCC3)cc1. The lowest BCUT2D eigenvalue weighted by Crippen LogP contribution is -2.14. The van der Waals surface area contributed by atoms with E-state index in [4.69, 9.17) is 17.7 Å². The van der Waals surface area contributed by atoms with Gasteiger partial charge < -0.3 is 27.5 Å². The number of hydrogen-bond acceptors (Lipinski definition) is 6. The van der Waals surface area contributed by atoms with Gasteiger partial charge in [-0.15, -0.1) is 0 Å². The van der Waals surface area contributed by atoms with Crippen LogP contribution < -0.4 is 9.80 Å². The second-order valence-electron chi connectivity index (χ2n) is 23.2. The number of hydrogen-bond donors (Lipinski definition) is 0. The van der Waals surface area contributed by atoms with E-state index in [1.54, 1.807) is 0 Å². The number of aryl methyl sites for hydroxylation is 4. The summed E-state index contributed by atoms with van der Waals surface area (Å²) in [4.78, 5) is 4.81. The fourth-order valence-corrected chi connectivity index (χ4v) is 14.3. The minimum Gasteiger partial charge on any atom is -0.456 e. The van der Waals surface area contributed by atoms with Gasteiger partial charge >= 0.3 is 0 Å². The summed E-state index contributed by atoms with van der Waals surface area (Å²) in [6, 6.07) is 83.6. The van der Waals surface area contributed by atoms with Crippen LogP contribution in [-0.4, -0.2) is 0 Å². The summed E-state index contributed by atoms with van der Waals surface area (Å²) in [5, 5.41) is 10.8. The van der Waals surface area contributed by atoms with E-state index >= 15 is 0 Å². The van der Waals surface area contributed by atoms with E-state index in [0.717, 1.165) is 158 Å². The van der Waals surface area contributed by atoms with Crippen LogP contribution in [0.15, 0.2) is 248 Å². The lowest BCUT2D eigenvalue weighted by atomic mass is 9.87. The molecule has 2 aliphatic carbocycles. The third-order valence-corrected chi connectivity index (χ3v) is 18.3. The van der Waals surface area contributed by atoms with Crippen molar-refractivity contribution in [3.63, 3.8) is 0 Å². The van der Waals surface area contributed by atoms with Crippen molar-refractivity contribution in [1.82, 2.24) is 0 Å². The summed E-state index contributed by atoms with van der Waals surface area (Å²) in [6.45, 7) is 0. The van der Waals surface area contributed by atoms with E-state index in [1.807, 2.05) is 12.1 Å². The molecule has 0 radical (unpaired) electrons. The lowest BCUT2D eigenvalue weighted by molar-refractivity contribution is 0.667.